The fraction of sp³-hybridized carbons (Fsp3) is 0.111. The molecule has 0 spiro atoms. The van der Waals surface area contributed by atoms with Crippen molar-refractivity contribution in [1.82, 2.24) is 10.3 Å². The van der Waals surface area contributed by atoms with Crippen molar-refractivity contribution in [2.24, 2.45) is 0 Å². The van der Waals surface area contributed by atoms with E-state index in [1.165, 1.54) is 56.1 Å². The number of amides is 2. The Bertz CT molecular complexity index is 1020. The summed E-state index contributed by atoms with van der Waals surface area (Å²) in [4.78, 5) is 15.9. The summed E-state index contributed by atoms with van der Waals surface area (Å²) in [5.41, 5.74) is 0.453. The van der Waals surface area contributed by atoms with E-state index in [0.717, 1.165) is 0 Å². The molecule has 8 nitrogen and oxygen atoms in total. The van der Waals surface area contributed by atoms with E-state index in [9.17, 15) is 13.2 Å². The molecule has 0 saturated heterocycles. The van der Waals surface area contributed by atoms with Crippen LogP contribution in [-0.4, -0.2) is 26.5 Å². The number of hydrogen-bond acceptors (Lipinski definition) is 6. The topological polar surface area (TPSA) is 111 Å². The predicted octanol–water partition coefficient (Wildman–Crippen LogP) is 2.84. The second-order valence-electron chi connectivity index (χ2n) is 5.48. The summed E-state index contributed by atoms with van der Waals surface area (Å²) in [5.74, 6) is 0.975. The van der Waals surface area contributed by atoms with Gasteiger partial charge in [-0.3, -0.25) is 0 Å². The first kappa shape index (κ1) is 18.5. The van der Waals surface area contributed by atoms with Gasteiger partial charge in [0.1, 0.15) is 11.5 Å². The molecule has 3 rings (SSSR count). The standard InChI is InChI=1S/C18H17N3O5S/c1-25-14-3-2-4-17(9-14)27(23,24)16-7-5-13(6-8-16)21-18(22)20-11-15-10-19-12-26-15/h2-10,12H,11H2,1H3,(H2,20,21,22). The molecule has 1 heterocycles. The maximum atomic E-state index is 12.7. The van der Waals surface area contributed by atoms with E-state index in [0.29, 0.717) is 17.2 Å². The van der Waals surface area contributed by atoms with Gasteiger partial charge in [0.15, 0.2) is 6.39 Å². The third-order valence-electron chi connectivity index (χ3n) is 3.68. The Morgan fingerprint density at radius 3 is 2.59 bits per heavy atom. The fourth-order valence-corrected chi connectivity index (χ4v) is 3.59. The second-order valence-corrected chi connectivity index (χ2v) is 7.43. The highest BCUT2D eigenvalue weighted by Gasteiger charge is 2.18. The van der Waals surface area contributed by atoms with Crippen LogP contribution >= 0.6 is 0 Å². The third-order valence-corrected chi connectivity index (χ3v) is 5.45. The number of nitrogens with one attached hydrogen (secondary N) is 2. The molecule has 0 fully saturated rings. The highest BCUT2D eigenvalue weighted by atomic mass is 32.2. The number of hydrogen-bond donors (Lipinski definition) is 2. The molecule has 2 amide bonds. The van der Waals surface area contributed by atoms with Crippen molar-refractivity contribution < 1.29 is 22.4 Å². The molecular formula is C18H17N3O5S. The normalized spacial score (nSPS) is 11.0. The maximum absolute atomic E-state index is 12.7. The van der Waals surface area contributed by atoms with Crippen LogP contribution in [0.2, 0.25) is 0 Å². The number of sulfone groups is 1. The van der Waals surface area contributed by atoms with Crippen LogP contribution in [0.15, 0.2) is 75.3 Å². The lowest BCUT2D eigenvalue weighted by Gasteiger charge is -2.09. The van der Waals surface area contributed by atoms with Crippen LogP contribution in [-0.2, 0) is 16.4 Å². The summed E-state index contributed by atoms with van der Waals surface area (Å²) < 4.78 is 35.5. The van der Waals surface area contributed by atoms with Gasteiger partial charge in [0.2, 0.25) is 9.84 Å². The van der Waals surface area contributed by atoms with Crippen LogP contribution in [0.5, 0.6) is 5.75 Å². The van der Waals surface area contributed by atoms with Gasteiger partial charge in [0, 0.05) is 5.69 Å². The summed E-state index contributed by atoms with van der Waals surface area (Å²) in [5, 5.41) is 5.22. The molecule has 27 heavy (non-hydrogen) atoms. The van der Waals surface area contributed by atoms with Gasteiger partial charge in [0.05, 0.1) is 29.6 Å². The minimum Gasteiger partial charge on any atom is -0.497 e. The van der Waals surface area contributed by atoms with E-state index >= 15 is 0 Å². The summed E-state index contributed by atoms with van der Waals surface area (Å²) in [6.07, 6.45) is 2.77. The SMILES string of the molecule is COc1cccc(S(=O)(=O)c2ccc(NC(=O)NCc3cnco3)cc2)c1. The van der Waals surface area contributed by atoms with Crippen LogP contribution in [0.25, 0.3) is 0 Å². The van der Waals surface area contributed by atoms with E-state index in [4.69, 9.17) is 9.15 Å². The number of benzene rings is 2. The number of anilines is 1. The lowest BCUT2D eigenvalue weighted by molar-refractivity contribution is 0.251. The van der Waals surface area contributed by atoms with Gasteiger partial charge in [0.25, 0.3) is 0 Å². The van der Waals surface area contributed by atoms with Gasteiger partial charge in [-0.2, -0.15) is 0 Å². The Morgan fingerprint density at radius 2 is 1.93 bits per heavy atom. The molecule has 0 aliphatic heterocycles. The maximum Gasteiger partial charge on any atom is 0.319 e. The van der Waals surface area contributed by atoms with Gasteiger partial charge in [-0.05, 0) is 42.5 Å². The first-order valence-electron chi connectivity index (χ1n) is 7.90. The molecule has 0 atom stereocenters. The van der Waals surface area contributed by atoms with Crippen molar-refractivity contribution in [2.75, 3.05) is 12.4 Å². The molecule has 3 aromatic rings. The molecule has 9 heteroatoms. The van der Waals surface area contributed by atoms with Gasteiger partial charge >= 0.3 is 6.03 Å². The number of oxazole rings is 1. The molecule has 140 valence electrons. The van der Waals surface area contributed by atoms with Crippen LogP contribution in [0.4, 0.5) is 10.5 Å². The molecule has 1 aromatic heterocycles. The Morgan fingerprint density at radius 1 is 1.15 bits per heavy atom. The average molecular weight is 387 g/mol. The minimum absolute atomic E-state index is 0.114. The molecule has 0 aliphatic carbocycles. The van der Waals surface area contributed by atoms with Crippen molar-refractivity contribution in [1.29, 1.82) is 0 Å². The Labute approximate surface area is 156 Å². The number of aromatic nitrogens is 1. The smallest absolute Gasteiger partial charge is 0.319 e. The van der Waals surface area contributed by atoms with Crippen LogP contribution < -0.4 is 15.4 Å². The first-order chi connectivity index (χ1) is 13.0. The summed E-state index contributed by atoms with van der Waals surface area (Å²) in [7, 11) is -2.21. The second kappa shape index (κ2) is 7.92. The zero-order valence-electron chi connectivity index (χ0n) is 14.4. The molecule has 2 N–H and O–H groups in total. The first-order valence-corrected chi connectivity index (χ1v) is 9.39. The monoisotopic (exact) mass is 387 g/mol. The van der Waals surface area contributed by atoms with Gasteiger partial charge < -0.3 is 19.8 Å². The van der Waals surface area contributed by atoms with E-state index in [1.54, 1.807) is 12.1 Å². The van der Waals surface area contributed by atoms with Gasteiger partial charge in [-0.1, -0.05) is 6.07 Å². The predicted molar refractivity (Wildman–Crippen MR) is 97.2 cm³/mol. The minimum atomic E-state index is -3.68. The highest BCUT2D eigenvalue weighted by molar-refractivity contribution is 7.91. The van der Waals surface area contributed by atoms with E-state index in [-0.39, 0.29) is 16.3 Å². The number of nitrogens with zero attached hydrogens (tertiary/aromatic N) is 1. The van der Waals surface area contributed by atoms with E-state index < -0.39 is 15.9 Å². The highest BCUT2D eigenvalue weighted by Crippen LogP contribution is 2.25. The van der Waals surface area contributed by atoms with Crippen molar-refractivity contribution in [3.05, 3.63) is 66.9 Å². The zero-order chi connectivity index (χ0) is 19.3. The number of carbonyl (C=O) groups is 1. The lowest BCUT2D eigenvalue weighted by Crippen LogP contribution is -2.27. The van der Waals surface area contributed by atoms with Crippen molar-refractivity contribution >= 4 is 21.6 Å². The number of urea groups is 1. The van der Waals surface area contributed by atoms with Crippen LogP contribution in [0, 0.1) is 0 Å². The zero-order valence-corrected chi connectivity index (χ0v) is 15.2. The van der Waals surface area contributed by atoms with E-state index in [2.05, 4.69) is 15.6 Å². The molecule has 0 radical (unpaired) electrons. The van der Waals surface area contributed by atoms with Crippen LogP contribution in [0.1, 0.15) is 5.76 Å². The van der Waals surface area contributed by atoms with Crippen molar-refractivity contribution in [3.63, 3.8) is 0 Å². The quantitative estimate of drug-likeness (QED) is 0.673. The van der Waals surface area contributed by atoms with Gasteiger partial charge in [-0.15, -0.1) is 0 Å². The summed E-state index contributed by atoms with van der Waals surface area (Å²) >= 11 is 0. The van der Waals surface area contributed by atoms with Crippen LogP contribution in [0.3, 0.4) is 0 Å². The Kier molecular flexibility index (Phi) is 5.41. The Balaban J connectivity index is 1.68. The Hall–Kier alpha value is -3.33. The number of carbonyl (C=O) groups excluding carboxylic acids is 1. The van der Waals surface area contributed by atoms with Crippen molar-refractivity contribution in [3.8, 4) is 5.75 Å². The molecule has 0 saturated carbocycles. The molecule has 0 bridgehead atoms. The molecule has 0 aliphatic rings. The van der Waals surface area contributed by atoms with Crippen molar-refractivity contribution in [2.45, 2.75) is 16.3 Å². The molecule has 2 aromatic carbocycles. The fourth-order valence-electron chi connectivity index (χ4n) is 2.29. The lowest BCUT2D eigenvalue weighted by atomic mass is 10.3. The average Bonchev–Trinajstić information content (AvgIpc) is 3.20. The summed E-state index contributed by atoms with van der Waals surface area (Å²) in [6, 6.07) is 11.7. The number of methoxy groups -OCH3 is 1. The molecule has 0 unspecified atom stereocenters. The van der Waals surface area contributed by atoms with Gasteiger partial charge in [-0.25, -0.2) is 18.2 Å². The van der Waals surface area contributed by atoms with E-state index in [1.807, 2.05) is 0 Å². The number of ether oxygens (including phenoxy) is 1. The third kappa shape index (κ3) is 4.45. The summed E-state index contributed by atoms with van der Waals surface area (Å²) in [6.45, 7) is 0.189. The molecular weight excluding hydrogens is 370 g/mol. The number of rotatable bonds is 6. The largest absolute Gasteiger partial charge is 0.497 e.